The third-order valence-corrected chi connectivity index (χ3v) is 4.73. The Bertz CT molecular complexity index is 1050. The first kappa shape index (κ1) is 20.7. The fourth-order valence-electron chi connectivity index (χ4n) is 3.09. The Kier molecular flexibility index (Phi) is 6.13. The molecule has 0 unspecified atom stereocenters. The monoisotopic (exact) mass is 414 g/mol. The van der Waals surface area contributed by atoms with Gasteiger partial charge in [-0.25, -0.2) is 0 Å². The van der Waals surface area contributed by atoms with Crippen molar-refractivity contribution >= 4 is 34.4 Å². The third-order valence-electron chi connectivity index (χ3n) is 4.50. The number of benzene rings is 2. The van der Waals surface area contributed by atoms with Crippen LogP contribution in [0.5, 0.6) is 11.5 Å². The summed E-state index contributed by atoms with van der Waals surface area (Å²) >= 11 is 6.18. The second-order valence-corrected chi connectivity index (χ2v) is 7.43. The normalized spacial score (nSPS) is 11.0. The number of halogens is 1. The molecule has 1 amide bonds. The zero-order valence-electron chi connectivity index (χ0n) is 16.8. The van der Waals surface area contributed by atoms with Gasteiger partial charge in [0.2, 0.25) is 0 Å². The van der Waals surface area contributed by atoms with Crippen LogP contribution in [-0.4, -0.2) is 29.6 Å². The smallest absolute Gasteiger partial charge is 0.325 e. The molecule has 29 heavy (non-hydrogen) atoms. The molecule has 2 aromatic carbocycles. The first-order valence-electron chi connectivity index (χ1n) is 9.24. The minimum atomic E-state index is -0.355. The minimum absolute atomic E-state index is 0.0618. The van der Waals surface area contributed by atoms with Gasteiger partial charge < -0.3 is 19.4 Å². The Morgan fingerprint density at radius 1 is 1.14 bits per heavy atom. The summed E-state index contributed by atoms with van der Waals surface area (Å²) in [5.74, 6) is 0.688. The van der Waals surface area contributed by atoms with E-state index in [1.54, 1.807) is 36.4 Å². The number of ether oxygens (including phenoxy) is 2. The van der Waals surface area contributed by atoms with Crippen LogP contribution < -0.4 is 10.1 Å². The molecule has 152 valence electrons. The van der Waals surface area contributed by atoms with Crippen molar-refractivity contribution in [2.75, 3.05) is 7.11 Å². The SMILES string of the molecule is COC(=O)Cn1c(C)c(Oc2ccc(C(=O)NC(C)C)cc2)c2cc(Cl)ccc21. The van der Waals surface area contributed by atoms with Crippen LogP contribution >= 0.6 is 11.6 Å². The van der Waals surface area contributed by atoms with Gasteiger partial charge in [-0.05, 0) is 63.2 Å². The molecule has 0 radical (unpaired) electrons. The second-order valence-electron chi connectivity index (χ2n) is 6.99. The molecule has 1 aromatic heterocycles. The molecule has 0 spiro atoms. The van der Waals surface area contributed by atoms with E-state index in [2.05, 4.69) is 5.32 Å². The molecule has 0 aliphatic carbocycles. The Hall–Kier alpha value is -2.99. The van der Waals surface area contributed by atoms with Crippen molar-refractivity contribution in [3.8, 4) is 11.5 Å². The summed E-state index contributed by atoms with van der Waals surface area (Å²) in [6, 6.07) is 12.4. The largest absolute Gasteiger partial charge is 0.468 e. The Labute approximate surface area is 174 Å². The van der Waals surface area contributed by atoms with Gasteiger partial charge in [-0.3, -0.25) is 9.59 Å². The van der Waals surface area contributed by atoms with Gasteiger partial charge in [-0.1, -0.05) is 11.6 Å². The Morgan fingerprint density at radius 3 is 2.45 bits per heavy atom. The molecule has 0 atom stereocenters. The second kappa shape index (κ2) is 8.57. The molecule has 0 aliphatic rings. The topological polar surface area (TPSA) is 69.6 Å². The summed E-state index contributed by atoms with van der Waals surface area (Å²) in [7, 11) is 1.36. The number of hydrogen-bond donors (Lipinski definition) is 1. The van der Waals surface area contributed by atoms with Crippen molar-refractivity contribution in [1.82, 2.24) is 9.88 Å². The number of carbonyl (C=O) groups is 2. The summed E-state index contributed by atoms with van der Waals surface area (Å²) in [6.45, 7) is 5.76. The molecule has 0 saturated heterocycles. The van der Waals surface area contributed by atoms with Gasteiger partial charge in [0, 0.05) is 22.0 Å². The highest BCUT2D eigenvalue weighted by atomic mass is 35.5. The summed E-state index contributed by atoms with van der Waals surface area (Å²) in [4.78, 5) is 24.0. The van der Waals surface area contributed by atoms with Gasteiger partial charge in [-0.15, -0.1) is 0 Å². The average molecular weight is 415 g/mol. The summed E-state index contributed by atoms with van der Waals surface area (Å²) < 4.78 is 12.8. The lowest BCUT2D eigenvalue weighted by Gasteiger charge is -2.10. The van der Waals surface area contributed by atoms with Crippen molar-refractivity contribution in [2.24, 2.45) is 0 Å². The summed E-state index contributed by atoms with van der Waals surface area (Å²) in [5.41, 5.74) is 2.15. The maximum absolute atomic E-state index is 12.1. The third kappa shape index (κ3) is 4.54. The number of fused-ring (bicyclic) bond motifs is 1. The summed E-state index contributed by atoms with van der Waals surface area (Å²) in [5, 5.41) is 4.21. The van der Waals surface area contributed by atoms with Gasteiger partial charge in [0.05, 0.1) is 18.3 Å². The first-order chi connectivity index (χ1) is 13.8. The van der Waals surface area contributed by atoms with E-state index >= 15 is 0 Å². The molecular formula is C22H23ClN2O4. The van der Waals surface area contributed by atoms with Gasteiger partial charge in [0.15, 0.2) is 5.75 Å². The maximum Gasteiger partial charge on any atom is 0.325 e. The number of aromatic nitrogens is 1. The quantitative estimate of drug-likeness (QED) is 0.593. The molecule has 6 nitrogen and oxygen atoms in total. The zero-order valence-corrected chi connectivity index (χ0v) is 17.5. The predicted molar refractivity (Wildman–Crippen MR) is 113 cm³/mol. The van der Waals surface area contributed by atoms with E-state index in [0.717, 1.165) is 16.6 Å². The van der Waals surface area contributed by atoms with E-state index in [9.17, 15) is 9.59 Å². The van der Waals surface area contributed by atoms with Crippen LogP contribution in [0.1, 0.15) is 29.9 Å². The number of esters is 1. The van der Waals surface area contributed by atoms with E-state index in [1.165, 1.54) is 7.11 Å². The van der Waals surface area contributed by atoms with Gasteiger partial charge in [0.25, 0.3) is 5.91 Å². The van der Waals surface area contributed by atoms with Gasteiger partial charge >= 0.3 is 5.97 Å². The molecule has 1 N–H and O–H groups in total. The zero-order chi connectivity index (χ0) is 21.1. The van der Waals surface area contributed by atoms with Gasteiger partial charge in [0.1, 0.15) is 12.3 Å². The standard InChI is InChI=1S/C22H23ClN2O4/c1-13(2)24-22(27)15-5-8-17(9-6-15)29-21-14(3)25(12-20(26)28-4)19-10-7-16(23)11-18(19)21/h5-11,13H,12H2,1-4H3,(H,24,27). The number of carbonyl (C=O) groups excluding carboxylic acids is 2. The van der Waals surface area contributed by atoms with Crippen molar-refractivity contribution < 1.29 is 19.1 Å². The van der Waals surface area contributed by atoms with Crippen LogP contribution in [0, 0.1) is 6.92 Å². The predicted octanol–water partition coefficient (Wildman–Crippen LogP) is 4.71. The van der Waals surface area contributed by atoms with Gasteiger partial charge in [-0.2, -0.15) is 0 Å². The highest BCUT2D eigenvalue weighted by molar-refractivity contribution is 6.31. The number of rotatable bonds is 6. The molecule has 0 aliphatic heterocycles. The van der Waals surface area contributed by atoms with E-state index in [-0.39, 0.29) is 24.5 Å². The van der Waals surface area contributed by atoms with E-state index < -0.39 is 0 Å². The fraction of sp³-hybridized carbons (Fsp3) is 0.273. The number of hydrogen-bond acceptors (Lipinski definition) is 4. The average Bonchev–Trinajstić information content (AvgIpc) is 2.93. The van der Waals surface area contributed by atoms with Crippen LogP contribution in [0.3, 0.4) is 0 Å². The Morgan fingerprint density at radius 2 is 1.83 bits per heavy atom. The molecule has 3 rings (SSSR count). The van der Waals surface area contributed by atoms with Crippen LogP contribution in [0.25, 0.3) is 10.9 Å². The van der Waals surface area contributed by atoms with Crippen molar-refractivity contribution in [2.45, 2.75) is 33.4 Å². The molecule has 3 aromatic rings. The van der Waals surface area contributed by atoms with E-state index in [0.29, 0.717) is 22.1 Å². The number of amides is 1. The maximum atomic E-state index is 12.1. The lowest BCUT2D eigenvalue weighted by molar-refractivity contribution is -0.141. The summed E-state index contributed by atoms with van der Waals surface area (Å²) in [6.07, 6.45) is 0. The minimum Gasteiger partial charge on any atom is -0.468 e. The molecular weight excluding hydrogens is 392 g/mol. The van der Waals surface area contributed by atoms with Crippen molar-refractivity contribution in [1.29, 1.82) is 0 Å². The molecule has 7 heteroatoms. The highest BCUT2D eigenvalue weighted by Gasteiger charge is 2.19. The Balaban J connectivity index is 1.95. The lowest BCUT2D eigenvalue weighted by atomic mass is 10.2. The molecule has 0 fully saturated rings. The van der Waals surface area contributed by atoms with Crippen LogP contribution in [0.15, 0.2) is 42.5 Å². The number of nitrogens with one attached hydrogen (secondary N) is 1. The van der Waals surface area contributed by atoms with E-state index in [4.69, 9.17) is 21.1 Å². The highest BCUT2D eigenvalue weighted by Crippen LogP contribution is 2.37. The first-order valence-corrected chi connectivity index (χ1v) is 9.62. The molecule has 1 heterocycles. The van der Waals surface area contributed by atoms with Crippen LogP contribution in [0.4, 0.5) is 0 Å². The van der Waals surface area contributed by atoms with Crippen LogP contribution in [0.2, 0.25) is 5.02 Å². The van der Waals surface area contributed by atoms with Crippen LogP contribution in [-0.2, 0) is 16.1 Å². The number of nitrogens with zero attached hydrogens (tertiary/aromatic N) is 1. The molecule has 0 saturated carbocycles. The van der Waals surface area contributed by atoms with Crippen molar-refractivity contribution in [3.05, 3.63) is 58.7 Å². The number of methoxy groups -OCH3 is 1. The fourth-order valence-corrected chi connectivity index (χ4v) is 3.26. The van der Waals surface area contributed by atoms with E-state index in [1.807, 2.05) is 31.4 Å². The molecule has 0 bridgehead atoms. The van der Waals surface area contributed by atoms with Crippen molar-refractivity contribution in [3.63, 3.8) is 0 Å². The lowest BCUT2D eigenvalue weighted by Crippen LogP contribution is -2.29.